The summed E-state index contributed by atoms with van der Waals surface area (Å²) in [5, 5.41) is 0. The van der Waals surface area contributed by atoms with Crippen LogP contribution in [0.1, 0.15) is 22.8 Å². The van der Waals surface area contributed by atoms with Gasteiger partial charge >= 0.3 is 0 Å². The fourth-order valence-corrected chi connectivity index (χ4v) is 2.00. The maximum absolute atomic E-state index is 5.58. The largest absolute Gasteiger partial charge is 0.330 e. The quantitative estimate of drug-likeness (QED) is 0.893. The van der Waals surface area contributed by atoms with E-state index in [1.54, 1.807) is 0 Å². The molecule has 0 aliphatic heterocycles. The second-order valence-corrected chi connectivity index (χ2v) is 4.50. The predicted octanol–water partition coefficient (Wildman–Crippen LogP) is 1.97. The van der Waals surface area contributed by atoms with Crippen LogP contribution in [0.4, 0.5) is 0 Å². The molecule has 94 valence electrons. The Morgan fingerprint density at radius 2 is 1.50 bits per heavy atom. The Bertz CT molecular complexity index is 543. The highest BCUT2D eigenvalue weighted by Crippen LogP contribution is 2.18. The molecule has 4 heteroatoms. The van der Waals surface area contributed by atoms with Gasteiger partial charge < -0.3 is 5.73 Å². The zero-order valence-corrected chi connectivity index (χ0v) is 11.1. The van der Waals surface area contributed by atoms with Gasteiger partial charge in [0.25, 0.3) is 0 Å². The van der Waals surface area contributed by atoms with Crippen molar-refractivity contribution in [2.24, 2.45) is 5.73 Å². The standard InChI is InChI=1S/C14H18N4/c1-9-6-12(7-10(2)16-9)14-17-11(3)8-13(18-14)4-5-15/h6-8H,4-5,15H2,1-3H3. The lowest BCUT2D eigenvalue weighted by atomic mass is 10.1. The maximum atomic E-state index is 5.58. The Morgan fingerprint density at radius 3 is 2.11 bits per heavy atom. The van der Waals surface area contributed by atoms with Gasteiger partial charge in [-0.15, -0.1) is 0 Å². The molecule has 0 spiro atoms. The van der Waals surface area contributed by atoms with Gasteiger partial charge in [-0.25, -0.2) is 9.97 Å². The van der Waals surface area contributed by atoms with Crippen LogP contribution in [0.2, 0.25) is 0 Å². The second kappa shape index (κ2) is 5.23. The summed E-state index contributed by atoms with van der Waals surface area (Å²) in [6.45, 7) is 6.54. The highest BCUT2D eigenvalue weighted by Gasteiger charge is 2.06. The normalized spacial score (nSPS) is 10.7. The van der Waals surface area contributed by atoms with Gasteiger partial charge in [-0.2, -0.15) is 0 Å². The molecule has 2 rings (SSSR count). The van der Waals surface area contributed by atoms with E-state index in [4.69, 9.17) is 5.73 Å². The summed E-state index contributed by atoms with van der Waals surface area (Å²) in [5.74, 6) is 0.757. The molecule has 0 unspecified atom stereocenters. The molecule has 0 atom stereocenters. The molecule has 0 aliphatic carbocycles. The van der Waals surface area contributed by atoms with Gasteiger partial charge in [-0.05, 0) is 45.5 Å². The first kappa shape index (κ1) is 12.6. The Kier molecular flexibility index (Phi) is 3.67. The van der Waals surface area contributed by atoms with E-state index in [9.17, 15) is 0 Å². The summed E-state index contributed by atoms with van der Waals surface area (Å²) in [4.78, 5) is 13.4. The molecule has 0 aliphatic rings. The molecule has 0 radical (unpaired) electrons. The van der Waals surface area contributed by atoms with Crippen LogP contribution >= 0.6 is 0 Å². The molecular weight excluding hydrogens is 224 g/mol. The van der Waals surface area contributed by atoms with Crippen molar-refractivity contribution in [1.29, 1.82) is 0 Å². The average molecular weight is 242 g/mol. The van der Waals surface area contributed by atoms with Crippen LogP contribution in [0.5, 0.6) is 0 Å². The van der Waals surface area contributed by atoms with Gasteiger partial charge in [0.15, 0.2) is 5.82 Å². The molecule has 0 aromatic carbocycles. The fourth-order valence-electron chi connectivity index (χ4n) is 2.00. The third-order valence-corrected chi connectivity index (χ3v) is 2.65. The Labute approximate surface area is 107 Å². The van der Waals surface area contributed by atoms with Crippen molar-refractivity contribution < 1.29 is 0 Å². The molecule has 0 saturated carbocycles. The van der Waals surface area contributed by atoms with Crippen LogP contribution < -0.4 is 5.73 Å². The van der Waals surface area contributed by atoms with Crippen molar-refractivity contribution in [3.8, 4) is 11.4 Å². The van der Waals surface area contributed by atoms with E-state index < -0.39 is 0 Å². The fraction of sp³-hybridized carbons (Fsp3) is 0.357. The number of hydrogen-bond acceptors (Lipinski definition) is 4. The molecule has 0 saturated heterocycles. The van der Waals surface area contributed by atoms with Crippen molar-refractivity contribution in [1.82, 2.24) is 15.0 Å². The summed E-state index contributed by atoms with van der Waals surface area (Å²) < 4.78 is 0. The molecule has 0 bridgehead atoms. The second-order valence-electron chi connectivity index (χ2n) is 4.50. The molecule has 18 heavy (non-hydrogen) atoms. The van der Waals surface area contributed by atoms with Gasteiger partial charge in [-0.3, -0.25) is 4.98 Å². The first-order valence-corrected chi connectivity index (χ1v) is 6.09. The van der Waals surface area contributed by atoms with Crippen LogP contribution in [0.15, 0.2) is 18.2 Å². The number of hydrogen-bond donors (Lipinski definition) is 1. The van der Waals surface area contributed by atoms with Gasteiger partial charge in [0.05, 0.1) is 0 Å². The van der Waals surface area contributed by atoms with Crippen LogP contribution in [-0.2, 0) is 6.42 Å². The smallest absolute Gasteiger partial charge is 0.159 e. The minimum absolute atomic E-state index is 0.601. The van der Waals surface area contributed by atoms with Crippen molar-refractivity contribution in [2.75, 3.05) is 6.54 Å². The number of aryl methyl sites for hydroxylation is 3. The number of pyridine rings is 1. The van der Waals surface area contributed by atoms with E-state index in [1.807, 2.05) is 39.0 Å². The van der Waals surface area contributed by atoms with Crippen LogP contribution in [0.25, 0.3) is 11.4 Å². The summed E-state index contributed by atoms with van der Waals surface area (Å²) in [5.41, 5.74) is 10.5. The summed E-state index contributed by atoms with van der Waals surface area (Å²) in [7, 11) is 0. The first-order valence-electron chi connectivity index (χ1n) is 6.09. The van der Waals surface area contributed by atoms with E-state index in [-0.39, 0.29) is 0 Å². The van der Waals surface area contributed by atoms with Crippen molar-refractivity contribution in [3.63, 3.8) is 0 Å². The molecule has 2 N–H and O–H groups in total. The third-order valence-electron chi connectivity index (χ3n) is 2.65. The lowest BCUT2D eigenvalue weighted by molar-refractivity contribution is 0.904. The van der Waals surface area contributed by atoms with Crippen LogP contribution in [-0.4, -0.2) is 21.5 Å². The predicted molar refractivity (Wildman–Crippen MR) is 72.2 cm³/mol. The molecule has 4 nitrogen and oxygen atoms in total. The minimum atomic E-state index is 0.601. The van der Waals surface area contributed by atoms with E-state index in [2.05, 4.69) is 15.0 Å². The van der Waals surface area contributed by atoms with Crippen LogP contribution in [0, 0.1) is 20.8 Å². The maximum Gasteiger partial charge on any atom is 0.159 e. The van der Waals surface area contributed by atoms with Gasteiger partial charge in [0, 0.05) is 34.8 Å². The highest BCUT2D eigenvalue weighted by atomic mass is 14.9. The van der Waals surface area contributed by atoms with Gasteiger partial charge in [-0.1, -0.05) is 0 Å². The van der Waals surface area contributed by atoms with Crippen molar-refractivity contribution in [2.45, 2.75) is 27.2 Å². The summed E-state index contributed by atoms with van der Waals surface area (Å²) in [6, 6.07) is 6.00. The zero-order valence-electron chi connectivity index (χ0n) is 11.1. The summed E-state index contributed by atoms with van der Waals surface area (Å²) >= 11 is 0. The average Bonchev–Trinajstić information content (AvgIpc) is 2.27. The molecular formula is C14H18N4. The van der Waals surface area contributed by atoms with E-state index in [0.717, 1.165) is 40.6 Å². The van der Waals surface area contributed by atoms with E-state index >= 15 is 0 Å². The number of nitrogens with two attached hydrogens (primary N) is 1. The zero-order chi connectivity index (χ0) is 13.1. The molecule has 0 amide bonds. The molecule has 2 aromatic rings. The van der Waals surface area contributed by atoms with Gasteiger partial charge in [0.1, 0.15) is 0 Å². The highest BCUT2D eigenvalue weighted by molar-refractivity contribution is 5.56. The van der Waals surface area contributed by atoms with E-state index in [1.165, 1.54) is 0 Å². The number of aromatic nitrogens is 3. The minimum Gasteiger partial charge on any atom is -0.330 e. The molecule has 0 fully saturated rings. The molecule has 2 aromatic heterocycles. The SMILES string of the molecule is Cc1cc(-c2nc(C)cc(CCN)n2)cc(C)n1. The topological polar surface area (TPSA) is 64.7 Å². The molecule has 2 heterocycles. The van der Waals surface area contributed by atoms with Crippen molar-refractivity contribution >= 4 is 0 Å². The summed E-state index contributed by atoms with van der Waals surface area (Å²) in [6.07, 6.45) is 0.777. The Morgan fingerprint density at radius 1 is 0.889 bits per heavy atom. The lowest BCUT2D eigenvalue weighted by Crippen LogP contribution is -2.06. The van der Waals surface area contributed by atoms with Gasteiger partial charge in [0.2, 0.25) is 0 Å². The van der Waals surface area contributed by atoms with Crippen LogP contribution in [0.3, 0.4) is 0 Å². The monoisotopic (exact) mass is 242 g/mol. The van der Waals surface area contributed by atoms with Crippen molar-refractivity contribution in [3.05, 3.63) is 41.0 Å². The van der Waals surface area contributed by atoms with E-state index in [0.29, 0.717) is 6.54 Å². The lowest BCUT2D eigenvalue weighted by Gasteiger charge is -2.07. The Balaban J connectivity index is 2.49. The first-order chi connectivity index (χ1) is 8.58. The number of nitrogens with zero attached hydrogens (tertiary/aromatic N) is 3. The number of rotatable bonds is 3. The Hall–Kier alpha value is -1.81. The third kappa shape index (κ3) is 2.90.